The number of rotatable bonds is 3. The molecule has 0 saturated heterocycles. The lowest BCUT2D eigenvalue weighted by molar-refractivity contribution is -0.142. The zero-order chi connectivity index (χ0) is 14.0. The standard InChI is InChI=1S/C11H11N3O4S/c1-6(10(17)18-2)13-8(15)7-5-12-11-14(9(7)16)3-4-19-11/h3-6H,1-2H3,(H,13,15)/t6-/m0/s1. The molecule has 2 rings (SSSR count). The van der Waals surface area contributed by atoms with Crippen LogP contribution < -0.4 is 10.9 Å². The predicted octanol–water partition coefficient (Wildman–Crippen LogP) is 0.0473. The van der Waals surface area contributed by atoms with Crippen molar-refractivity contribution < 1.29 is 14.3 Å². The maximum Gasteiger partial charge on any atom is 0.328 e. The highest BCUT2D eigenvalue weighted by Crippen LogP contribution is 2.05. The normalized spacial score (nSPS) is 12.1. The number of esters is 1. The van der Waals surface area contributed by atoms with Crippen molar-refractivity contribution in [3.63, 3.8) is 0 Å². The van der Waals surface area contributed by atoms with Crippen LogP contribution in [0.1, 0.15) is 17.3 Å². The van der Waals surface area contributed by atoms with Gasteiger partial charge in [-0.1, -0.05) is 0 Å². The molecule has 2 aromatic heterocycles. The van der Waals surface area contributed by atoms with Crippen molar-refractivity contribution in [1.82, 2.24) is 14.7 Å². The second-order valence-electron chi connectivity index (χ2n) is 3.75. The summed E-state index contributed by atoms with van der Waals surface area (Å²) in [5.41, 5.74) is -0.590. The molecule has 2 heterocycles. The summed E-state index contributed by atoms with van der Waals surface area (Å²) in [7, 11) is 1.22. The summed E-state index contributed by atoms with van der Waals surface area (Å²) < 4.78 is 5.77. The number of amides is 1. The van der Waals surface area contributed by atoms with Crippen LogP contribution in [0.25, 0.3) is 4.96 Å². The number of fused-ring (bicyclic) bond motifs is 1. The van der Waals surface area contributed by atoms with E-state index in [9.17, 15) is 14.4 Å². The van der Waals surface area contributed by atoms with Crippen LogP contribution in [-0.2, 0) is 9.53 Å². The van der Waals surface area contributed by atoms with Gasteiger partial charge in [-0.25, -0.2) is 9.78 Å². The molecule has 0 radical (unpaired) electrons. The van der Waals surface area contributed by atoms with Gasteiger partial charge in [-0.2, -0.15) is 0 Å². The molecule has 100 valence electrons. The van der Waals surface area contributed by atoms with Gasteiger partial charge in [0, 0.05) is 17.8 Å². The van der Waals surface area contributed by atoms with Gasteiger partial charge in [0.1, 0.15) is 11.6 Å². The first-order valence-corrected chi connectivity index (χ1v) is 6.26. The van der Waals surface area contributed by atoms with E-state index in [2.05, 4.69) is 15.0 Å². The monoisotopic (exact) mass is 281 g/mol. The Labute approximate surface area is 111 Å². The van der Waals surface area contributed by atoms with Crippen molar-refractivity contribution in [2.24, 2.45) is 0 Å². The van der Waals surface area contributed by atoms with Gasteiger partial charge in [0.15, 0.2) is 4.96 Å². The number of aromatic nitrogens is 2. The van der Waals surface area contributed by atoms with Crippen LogP contribution in [0.15, 0.2) is 22.6 Å². The molecule has 2 aromatic rings. The number of hydrogen-bond donors (Lipinski definition) is 1. The lowest BCUT2D eigenvalue weighted by Crippen LogP contribution is -2.41. The molecule has 8 heteroatoms. The van der Waals surface area contributed by atoms with Gasteiger partial charge < -0.3 is 10.1 Å². The molecule has 0 aliphatic heterocycles. The quantitative estimate of drug-likeness (QED) is 0.803. The third kappa shape index (κ3) is 2.48. The third-order valence-electron chi connectivity index (χ3n) is 2.49. The number of nitrogens with zero attached hydrogens (tertiary/aromatic N) is 2. The van der Waals surface area contributed by atoms with Crippen LogP contribution in [0.5, 0.6) is 0 Å². The minimum atomic E-state index is -0.833. The van der Waals surface area contributed by atoms with Gasteiger partial charge in [-0.3, -0.25) is 14.0 Å². The zero-order valence-corrected chi connectivity index (χ0v) is 11.1. The molecule has 0 aliphatic carbocycles. The van der Waals surface area contributed by atoms with Gasteiger partial charge in [0.2, 0.25) is 0 Å². The fourth-order valence-corrected chi connectivity index (χ4v) is 2.17. The maximum atomic E-state index is 12.0. The molecule has 19 heavy (non-hydrogen) atoms. The molecule has 1 amide bonds. The van der Waals surface area contributed by atoms with Crippen LogP contribution in [0.4, 0.5) is 0 Å². The molecule has 1 N–H and O–H groups in total. The van der Waals surface area contributed by atoms with E-state index in [1.54, 1.807) is 5.38 Å². The molecule has 0 fully saturated rings. The first-order valence-electron chi connectivity index (χ1n) is 5.38. The molecule has 0 aromatic carbocycles. The number of methoxy groups -OCH3 is 1. The average molecular weight is 281 g/mol. The highest BCUT2D eigenvalue weighted by Gasteiger charge is 2.20. The highest BCUT2D eigenvalue weighted by atomic mass is 32.1. The summed E-state index contributed by atoms with van der Waals surface area (Å²) in [5.74, 6) is -1.24. The van der Waals surface area contributed by atoms with E-state index >= 15 is 0 Å². The summed E-state index contributed by atoms with van der Waals surface area (Å²) >= 11 is 1.29. The van der Waals surface area contributed by atoms with Crippen molar-refractivity contribution in [3.8, 4) is 0 Å². The second-order valence-corrected chi connectivity index (χ2v) is 4.62. The van der Waals surface area contributed by atoms with E-state index in [1.807, 2.05) is 0 Å². The number of nitrogens with one attached hydrogen (secondary N) is 1. The minimum absolute atomic E-state index is 0.119. The van der Waals surface area contributed by atoms with Gasteiger partial charge in [0.05, 0.1) is 7.11 Å². The van der Waals surface area contributed by atoms with Crippen LogP contribution in [0, 0.1) is 0 Å². The summed E-state index contributed by atoms with van der Waals surface area (Å²) in [6.07, 6.45) is 2.74. The molecule has 0 aliphatic rings. The van der Waals surface area contributed by atoms with Crippen molar-refractivity contribution in [2.45, 2.75) is 13.0 Å². The molecule has 0 spiro atoms. The predicted molar refractivity (Wildman–Crippen MR) is 68.3 cm³/mol. The molecule has 0 saturated carbocycles. The smallest absolute Gasteiger partial charge is 0.328 e. The van der Waals surface area contributed by atoms with Crippen LogP contribution >= 0.6 is 11.3 Å². The number of hydrogen-bond acceptors (Lipinski definition) is 6. The minimum Gasteiger partial charge on any atom is -0.467 e. The topological polar surface area (TPSA) is 89.8 Å². The van der Waals surface area contributed by atoms with E-state index in [0.717, 1.165) is 0 Å². The Balaban J connectivity index is 2.29. The Morgan fingerprint density at radius 3 is 2.95 bits per heavy atom. The maximum absolute atomic E-state index is 12.0. The number of ether oxygens (including phenoxy) is 1. The second kappa shape index (κ2) is 5.19. The van der Waals surface area contributed by atoms with Crippen LogP contribution in [0.3, 0.4) is 0 Å². The van der Waals surface area contributed by atoms with Gasteiger partial charge in [0.25, 0.3) is 11.5 Å². The fourth-order valence-electron chi connectivity index (χ4n) is 1.49. The first-order chi connectivity index (χ1) is 9.04. The van der Waals surface area contributed by atoms with Gasteiger partial charge in [-0.05, 0) is 6.92 Å². The summed E-state index contributed by atoms with van der Waals surface area (Å²) in [4.78, 5) is 39.6. The van der Waals surface area contributed by atoms with E-state index in [-0.39, 0.29) is 5.56 Å². The number of carbonyl (C=O) groups excluding carboxylic acids is 2. The van der Waals surface area contributed by atoms with E-state index < -0.39 is 23.5 Å². The fraction of sp³-hybridized carbons (Fsp3) is 0.273. The van der Waals surface area contributed by atoms with Crippen molar-refractivity contribution >= 4 is 28.2 Å². The van der Waals surface area contributed by atoms with Crippen molar-refractivity contribution in [2.75, 3.05) is 7.11 Å². The Bertz CT molecular complexity index is 691. The Morgan fingerprint density at radius 2 is 2.26 bits per heavy atom. The molecule has 1 atom stereocenters. The van der Waals surface area contributed by atoms with Crippen LogP contribution in [-0.4, -0.2) is 34.4 Å². The zero-order valence-electron chi connectivity index (χ0n) is 10.2. The van der Waals surface area contributed by atoms with Gasteiger partial charge in [-0.15, -0.1) is 11.3 Å². The largest absolute Gasteiger partial charge is 0.467 e. The van der Waals surface area contributed by atoms with E-state index in [1.165, 1.54) is 42.2 Å². The van der Waals surface area contributed by atoms with Crippen LogP contribution in [0.2, 0.25) is 0 Å². The SMILES string of the molecule is COC(=O)[C@H](C)NC(=O)c1cnc2sccn2c1=O. The van der Waals surface area contributed by atoms with Crippen molar-refractivity contribution in [3.05, 3.63) is 33.7 Å². The molecular weight excluding hydrogens is 270 g/mol. The third-order valence-corrected chi connectivity index (χ3v) is 3.26. The summed E-state index contributed by atoms with van der Waals surface area (Å²) in [5, 5.41) is 4.08. The molecular formula is C11H11N3O4S. The Kier molecular flexibility index (Phi) is 3.61. The highest BCUT2D eigenvalue weighted by molar-refractivity contribution is 7.15. The Morgan fingerprint density at radius 1 is 1.53 bits per heavy atom. The molecule has 0 bridgehead atoms. The number of carbonyl (C=O) groups is 2. The van der Waals surface area contributed by atoms with Gasteiger partial charge >= 0.3 is 5.97 Å². The van der Waals surface area contributed by atoms with Crippen molar-refractivity contribution in [1.29, 1.82) is 0 Å². The molecule has 0 unspecified atom stereocenters. The summed E-state index contributed by atoms with van der Waals surface area (Å²) in [6.45, 7) is 1.47. The average Bonchev–Trinajstić information content (AvgIpc) is 2.87. The van der Waals surface area contributed by atoms with E-state index in [0.29, 0.717) is 4.96 Å². The lowest BCUT2D eigenvalue weighted by atomic mass is 10.2. The first kappa shape index (κ1) is 13.2. The Hall–Kier alpha value is -2.22. The summed E-state index contributed by atoms with van der Waals surface area (Å²) in [6, 6.07) is -0.833. The lowest BCUT2D eigenvalue weighted by Gasteiger charge is -2.10. The van der Waals surface area contributed by atoms with E-state index in [4.69, 9.17) is 0 Å². The number of thiazole rings is 1. The molecule has 7 nitrogen and oxygen atoms in total.